The molecule has 138 valence electrons. The number of hydrogen-bond acceptors (Lipinski definition) is 3. The van der Waals surface area contributed by atoms with Gasteiger partial charge in [-0.1, -0.05) is 47.5 Å². The summed E-state index contributed by atoms with van der Waals surface area (Å²) >= 11 is 12.4. The Morgan fingerprint density at radius 3 is 2.67 bits per heavy atom. The van der Waals surface area contributed by atoms with E-state index in [-0.39, 0.29) is 5.91 Å². The van der Waals surface area contributed by atoms with E-state index in [0.717, 1.165) is 5.69 Å². The van der Waals surface area contributed by atoms with Gasteiger partial charge in [0.2, 0.25) is 5.91 Å². The Labute approximate surface area is 166 Å². The maximum Gasteiger partial charge on any atom is 0.330 e. The highest BCUT2D eigenvalue weighted by Gasteiger charge is 2.37. The number of hydrogen-bond donors (Lipinski definition) is 2. The number of nitrogens with zero attached hydrogens (tertiary/aromatic N) is 1. The molecule has 2 heterocycles. The van der Waals surface area contributed by atoms with Gasteiger partial charge in [0.25, 0.3) is 0 Å². The van der Waals surface area contributed by atoms with Gasteiger partial charge in [0, 0.05) is 28.5 Å². The van der Waals surface area contributed by atoms with Crippen LogP contribution in [0.3, 0.4) is 0 Å². The van der Waals surface area contributed by atoms with Crippen molar-refractivity contribution in [2.24, 2.45) is 5.92 Å². The van der Waals surface area contributed by atoms with Crippen molar-refractivity contribution >= 4 is 52.0 Å². The quantitative estimate of drug-likeness (QED) is 0.802. The summed E-state index contributed by atoms with van der Waals surface area (Å²) in [6.45, 7) is 0.587. The van der Waals surface area contributed by atoms with Crippen LogP contribution >= 0.6 is 23.2 Å². The van der Waals surface area contributed by atoms with E-state index in [9.17, 15) is 14.7 Å². The van der Waals surface area contributed by atoms with Crippen molar-refractivity contribution in [1.29, 1.82) is 0 Å². The summed E-state index contributed by atoms with van der Waals surface area (Å²) in [5.74, 6) is -1.48. The number of anilines is 2. The summed E-state index contributed by atoms with van der Waals surface area (Å²) in [5, 5.41) is 13.3. The number of nitrogens with one attached hydrogen (secondary N) is 1. The molecule has 4 rings (SSSR count). The highest BCUT2D eigenvalue weighted by Crippen LogP contribution is 2.43. The lowest BCUT2D eigenvalue weighted by Crippen LogP contribution is -2.28. The van der Waals surface area contributed by atoms with Crippen LogP contribution < -0.4 is 10.2 Å². The second-order valence-corrected chi connectivity index (χ2v) is 7.41. The van der Waals surface area contributed by atoms with E-state index in [0.29, 0.717) is 39.8 Å². The van der Waals surface area contributed by atoms with Gasteiger partial charge in [-0.3, -0.25) is 4.79 Å². The third kappa shape index (κ3) is 3.17. The smallest absolute Gasteiger partial charge is 0.330 e. The highest BCUT2D eigenvalue weighted by molar-refractivity contribution is 6.37. The summed E-state index contributed by atoms with van der Waals surface area (Å²) in [7, 11) is 0. The van der Waals surface area contributed by atoms with E-state index < -0.39 is 17.9 Å². The average Bonchev–Trinajstić information content (AvgIpc) is 3.17. The minimum absolute atomic E-state index is 0.0450. The number of carbonyl (C=O) groups excluding carboxylic acids is 1. The molecule has 0 saturated carbocycles. The van der Waals surface area contributed by atoms with Crippen LogP contribution in [0.2, 0.25) is 10.0 Å². The molecule has 2 N–H and O–H groups in total. The molecule has 0 aromatic heterocycles. The zero-order chi connectivity index (χ0) is 19.1. The first kappa shape index (κ1) is 17.9. The Balaban J connectivity index is 1.71. The van der Waals surface area contributed by atoms with Crippen molar-refractivity contribution in [2.45, 2.75) is 12.5 Å². The van der Waals surface area contributed by atoms with Crippen LogP contribution in [0.1, 0.15) is 12.0 Å². The van der Waals surface area contributed by atoms with Crippen molar-refractivity contribution in [1.82, 2.24) is 0 Å². The first-order valence-electron chi connectivity index (χ1n) is 8.52. The second-order valence-electron chi connectivity index (χ2n) is 6.57. The molecule has 2 atom stereocenters. The molecule has 27 heavy (non-hydrogen) atoms. The number of para-hydroxylation sites is 1. The van der Waals surface area contributed by atoms with Gasteiger partial charge in [-0.15, -0.1) is 0 Å². The number of amides is 1. The molecule has 2 aromatic rings. The van der Waals surface area contributed by atoms with Gasteiger partial charge in [0.1, 0.15) is 0 Å². The minimum Gasteiger partial charge on any atom is -0.479 e. The third-order valence-corrected chi connectivity index (χ3v) is 5.41. The van der Waals surface area contributed by atoms with Crippen LogP contribution in [0.25, 0.3) is 5.57 Å². The summed E-state index contributed by atoms with van der Waals surface area (Å²) in [4.78, 5) is 26.4. The fourth-order valence-electron chi connectivity index (χ4n) is 3.67. The fraction of sp³-hybridized carbons (Fsp3) is 0.200. The van der Waals surface area contributed by atoms with Crippen molar-refractivity contribution in [3.05, 3.63) is 64.1 Å². The lowest BCUT2D eigenvalue weighted by atomic mass is 9.96. The highest BCUT2D eigenvalue weighted by atomic mass is 35.5. The number of carboxylic acids is 1. The van der Waals surface area contributed by atoms with Gasteiger partial charge in [-0.25, -0.2) is 4.79 Å². The van der Waals surface area contributed by atoms with Crippen molar-refractivity contribution in [2.75, 3.05) is 16.8 Å². The maximum absolute atomic E-state index is 12.9. The average molecular weight is 403 g/mol. The summed E-state index contributed by atoms with van der Waals surface area (Å²) < 4.78 is 0. The molecule has 2 unspecified atom stereocenters. The predicted molar refractivity (Wildman–Crippen MR) is 106 cm³/mol. The van der Waals surface area contributed by atoms with E-state index in [1.807, 2.05) is 30.3 Å². The second kappa shape index (κ2) is 6.91. The van der Waals surface area contributed by atoms with E-state index in [1.165, 1.54) is 0 Å². The molecule has 1 fully saturated rings. The van der Waals surface area contributed by atoms with Crippen LogP contribution in [0.4, 0.5) is 11.4 Å². The van der Waals surface area contributed by atoms with E-state index in [4.69, 9.17) is 23.2 Å². The molecule has 2 aliphatic heterocycles. The van der Waals surface area contributed by atoms with Crippen molar-refractivity contribution in [3.8, 4) is 0 Å². The van der Waals surface area contributed by atoms with Crippen LogP contribution in [-0.2, 0) is 9.59 Å². The van der Waals surface area contributed by atoms with E-state index in [1.54, 1.807) is 23.1 Å². The minimum atomic E-state index is -1.03. The largest absolute Gasteiger partial charge is 0.479 e. The Hall–Kier alpha value is -2.50. The predicted octanol–water partition coefficient (Wildman–Crippen LogP) is 4.31. The topological polar surface area (TPSA) is 69.6 Å². The Morgan fingerprint density at radius 2 is 1.96 bits per heavy atom. The van der Waals surface area contributed by atoms with Gasteiger partial charge < -0.3 is 15.3 Å². The molecule has 7 heteroatoms. The lowest BCUT2D eigenvalue weighted by Gasteiger charge is -2.16. The van der Waals surface area contributed by atoms with E-state index >= 15 is 0 Å². The maximum atomic E-state index is 12.9. The SMILES string of the molecule is O=C(O)C1Nc2cc(Cl)cc(Cl)c2/C1=C\C1CCN(c2ccccc2)C1=O. The number of benzene rings is 2. The Morgan fingerprint density at radius 1 is 1.22 bits per heavy atom. The molecule has 0 aliphatic carbocycles. The summed E-state index contributed by atoms with van der Waals surface area (Å²) in [5.41, 5.74) is 2.51. The van der Waals surface area contributed by atoms with Crippen LogP contribution in [-0.4, -0.2) is 29.6 Å². The fourth-order valence-corrected chi connectivity index (χ4v) is 4.27. The van der Waals surface area contributed by atoms with E-state index in [2.05, 4.69) is 5.32 Å². The number of rotatable bonds is 3. The number of carboxylic acid groups (broad SMARTS) is 1. The van der Waals surface area contributed by atoms with Crippen molar-refractivity contribution < 1.29 is 14.7 Å². The van der Waals surface area contributed by atoms with Gasteiger partial charge >= 0.3 is 5.97 Å². The molecular weight excluding hydrogens is 387 g/mol. The number of fused-ring (bicyclic) bond motifs is 1. The van der Waals surface area contributed by atoms with Crippen molar-refractivity contribution in [3.63, 3.8) is 0 Å². The van der Waals surface area contributed by atoms with Gasteiger partial charge in [0.05, 0.1) is 10.9 Å². The molecule has 1 amide bonds. The number of halogens is 2. The molecule has 5 nitrogen and oxygen atoms in total. The Kier molecular flexibility index (Phi) is 4.58. The molecule has 2 aromatic carbocycles. The normalized spacial score (nSPS) is 22.8. The lowest BCUT2D eigenvalue weighted by molar-refractivity contribution is -0.136. The first-order valence-corrected chi connectivity index (χ1v) is 9.28. The number of aliphatic carboxylic acids is 1. The molecular formula is C20H16Cl2N2O3. The zero-order valence-electron chi connectivity index (χ0n) is 14.2. The van der Waals surface area contributed by atoms with Gasteiger partial charge in [-0.05, 0) is 36.3 Å². The first-order chi connectivity index (χ1) is 13.0. The molecule has 0 radical (unpaired) electrons. The third-order valence-electron chi connectivity index (χ3n) is 4.90. The van der Waals surface area contributed by atoms with Crippen LogP contribution in [0.5, 0.6) is 0 Å². The van der Waals surface area contributed by atoms with Crippen LogP contribution in [0, 0.1) is 5.92 Å². The zero-order valence-corrected chi connectivity index (χ0v) is 15.7. The molecule has 0 bridgehead atoms. The molecule has 2 aliphatic rings. The summed E-state index contributed by atoms with van der Waals surface area (Å²) in [6, 6.07) is 11.7. The molecule has 1 saturated heterocycles. The summed E-state index contributed by atoms with van der Waals surface area (Å²) in [6.07, 6.45) is 2.35. The van der Waals surface area contributed by atoms with Crippen LogP contribution in [0.15, 0.2) is 48.5 Å². The molecule has 0 spiro atoms. The number of carbonyl (C=O) groups is 2. The monoisotopic (exact) mass is 402 g/mol. The van der Waals surface area contributed by atoms with Gasteiger partial charge in [-0.2, -0.15) is 0 Å². The standard InChI is InChI=1S/C20H16Cl2N2O3/c21-12-9-15(22)17-14(18(20(26)27)23-16(17)10-12)8-11-6-7-24(19(11)25)13-4-2-1-3-5-13/h1-5,8-11,18,23H,6-7H2,(H,26,27)/b14-8+. The Bertz CT molecular complexity index is 959. The van der Waals surface area contributed by atoms with Gasteiger partial charge in [0.15, 0.2) is 6.04 Å².